The summed E-state index contributed by atoms with van der Waals surface area (Å²) in [6.45, 7) is 0. The minimum atomic E-state index is -4.11. The van der Waals surface area contributed by atoms with Crippen LogP contribution in [0.1, 0.15) is 5.56 Å². The molecule has 35 heavy (non-hydrogen) atoms. The minimum Gasteiger partial charge on any atom is -0.379 e. The van der Waals surface area contributed by atoms with E-state index in [1.54, 1.807) is 24.3 Å². The van der Waals surface area contributed by atoms with Gasteiger partial charge in [0.05, 0.1) is 10.0 Å². The number of nitriles is 1. The van der Waals surface area contributed by atoms with Gasteiger partial charge in [-0.15, -0.1) is 0 Å². The van der Waals surface area contributed by atoms with Crippen molar-refractivity contribution >= 4 is 61.8 Å². The molecule has 9 heteroatoms. The summed E-state index contributed by atoms with van der Waals surface area (Å²) in [7, 11) is -4.11. The zero-order chi connectivity index (χ0) is 25.0. The van der Waals surface area contributed by atoms with Crippen LogP contribution in [0, 0.1) is 11.3 Å². The van der Waals surface area contributed by atoms with Gasteiger partial charge in [-0.2, -0.15) is 13.7 Å². The highest BCUT2D eigenvalue weighted by Crippen LogP contribution is 2.26. The molecule has 0 radical (unpaired) electrons. The molecule has 4 aromatic rings. The van der Waals surface area contributed by atoms with Crippen molar-refractivity contribution in [3.63, 3.8) is 0 Å². The molecule has 0 unspecified atom stereocenters. The topological polar surface area (TPSA) is 96.3 Å². The largest absolute Gasteiger partial charge is 0.379 e. The molecule has 0 aliphatic rings. The monoisotopic (exact) mass is 522 g/mol. The van der Waals surface area contributed by atoms with E-state index in [9.17, 15) is 18.5 Å². The van der Waals surface area contributed by atoms with Crippen molar-refractivity contribution in [1.82, 2.24) is 0 Å². The first-order chi connectivity index (χ1) is 16.7. The van der Waals surface area contributed by atoms with Crippen LogP contribution in [0.15, 0.2) is 95.4 Å². The highest BCUT2D eigenvalue weighted by molar-refractivity contribution is 7.87. The lowest BCUT2D eigenvalue weighted by Gasteiger charge is -2.09. The van der Waals surface area contributed by atoms with Crippen LogP contribution in [0.25, 0.3) is 16.8 Å². The Morgan fingerprint density at radius 3 is 2.40 bits per heavy atom. The summed E-state index contributed by atoms with van der Waals surface area (Å²) in [4.78, 5) is 12.6. The van der Waals surface area contributed by atoms with Gasteiger partial charge in [0.15, 0.2) is 0 Å². The number of hydrogen-bond acceptors (Lipinski definition) is 5. The van der Waals surface area contributed by atoms with Gasteiger partial charge in [0.1, 0.15) is 22.3 Å². The van der Waals surface area contributed by atoms with Crippen LogP contribution in [-0.2, 0) is 14.9 Å². The Kier molecular flexibility index (Phi) is 7.08. The average molecular weight is 523 g/mol. The van der Waals surface area contributed by atoms with Crippen LogP contribution < -0.4 is 9.50 Å². The van der Waals surface area contributed by atoms with E-state index in [1.807, 2.05) is 30.3 Å². The third-order valence-electron chi connectivity index (χ3n) is 4.93. The summed E-state index contributed by atoms with van der Waals surface area (Å²) >= 11 is 11.8. The van der Waals surface area contributed by atoms with E-state index in [-0.39, 0.29) is 21.2 Å². The second-order valence-electron chi connectivity index (χ2n) is 7.37. The number of halogens is 2. The lowest BCUT2D eigenvalue weighted by Crippen LogP contribution is -2.13. The zero-order valence-corrected chi connectivity index (χ0v) is 20.2. The molecule has 0 saturated heterocycles. The molecule has 0 aliphatic carbocycles. The van der Waals surface area contributed by atoms with Gasteiger partial charge in [-0.05, 0) is 64.9 Å². The van der Waals surface area contributed by atoms with E-state index in [4.69, 9.17) is 27.4 Å². The molecule has 1 N–H and O–H groups in total. The molecule has 0 heterocycles. The highest BCUT2D eigenvalue weighted by Gasteiger charge is 2.18. The van der Waals surface area contributed by atoms with Gasteiger partial charge in [-0.25, -0.2) is 0 Å². The summed E-state index contributed by atoms with van der Waals surface area (Å²) in [5, 5.41) is 14.3. The van der Waals surface area contributed by atoms with Crippen LogP contribution in [0.3, 0.4) is 0 Å². The van der Waals surface area contributed by atoms with Gasteiger partial charge in [0.25, 0.3) is 5.91 Å². The Balaban J connectivity index is 1.55. The van der Waals surface area contributed by atoms with Crippen molar-refractivity contribution < 1.29 is 17.4 Å². The second kappa shape index (κ2) is 10.2. The Labute approximate surface area is 212 Å². The van der Waals surface area contributed by atoms with Gasteiger partial charge in [0.2, 0.25) is 0 Å². The number of hydrogen-bond donors (Lipinski definition) is 1. The maximum atomic E-state index is 12.8. The third kappa shape index (κ3) is 5.81. The summed E-state index contributed by atoms with van der Waals surface area (Å²) in [5.41, 5.74) is 0.562. The smallest absolute Gasteiger partial charge is 0.339 e. The summed E-state index contributed by atoms with van der Waals surface area (Å²) in [5.74, 6) is -0.630. The summed E-state index contributed by atoms with van der Waals surface area (Å²) in [6.07, 6.45) is 1.32. The maximum Gasteiger partial charge on any atom is 0.339 e. The fourth-order valence-corrected chi connectivity index (χ4v) is 4.50. The number of rotatable bonds is 6. The van der Waals surface area contributed by atoms with Crippen LogP contribution in [-0.4, -0.2) is 14.3 Å². The first kappa shape index (κ1) is 24.3. The van der Waals surface area contributed by atoms with Crippen molar-refractivity contribution in [3.8, 4) is 11.8 Å². The van der Waals surface area contributed by atoms with E-state index in [0.717, 1.165) is 10.8 Å². The van der Waals surface area contributed by atoms with E-state index >= 15 is 0 Å². The average Bonchev–Trinajstić information content (AvgIpc) is 2.84. The van der Waals surface area contributed by atoms with Crippen molar-refractivity contribution in [1.29, 1.82) is 5.26 Å². The minimum absolute atomic E-state index is 0.0101. The molecule has 0 bridgehead atoms. The first-order valence-corrected chi connectivity index (χ1v) is 12.3. The lowest BCUT2D eigenvalue weighted by atomic mass is 10.1. The van der Waals surface area contributed by atoms with Gasteiger partial charge < -0.3 is 9.50 Å². The van der Waals surface area contributed by atoms with E-state index < -0.39 is 16.0 Å². The molecule has 0 atom stereocenters. The van der Waals surface area contributed by atoms with Crippen LogP contribution >= 0.6 is 23.2 Å². The Morgan fingerprint density at radius 1 is 0.886 bits per heavy atom. The molecule has 4 rings (SSSR count). The van der Waals surface area contributed by atoms with E-state index in [1.165, 1.54) is 42.5 Å². The standard InChI is InChI=1S/C26H16Cl2N2O4S/c27-24-11-9-21(15-25(24)28)30-26(31)20(16-29)12-17-4-3-7-22(13-17)34-35(32,33)23-10-8-18-5-1-2-6-19(18)14-23/h1-15H,(H,30,31)/b20-12-. The number of benzene rings is 4. The zero-order valence-electron chi connectivity index (χ0n) is 17.9. The van der Waals surface area contributed by atoms with Crippen LogP contribution in [0.4, 0.5) is 5.69 Å². The number of fused-ring (bicyclic) bond motifs is 1. The summed E-state index contributed by atoms with van der Waals surface area (Å²) in [6, 6.07) is 24.5. The van der Waals surface area contributed by atoms with Gasteiger partial charge in [-0.3, -0.25) is 4.79 Å². The van der Waals surface area contributed by atoms with Crippen LogP contribution in [0.5, 0.6) is 5.75 Å². The molecule has 174 valence electrons. The van der Waals surface area contributed by atoms with Gasteiger partial charge >= 0.3 is 10.1 Å². The number of carbonyl (C=O) groups is 1. The maximum absolute atomic E-state index is 12.8. The second-order valence-corrected chi connectivity index (χ2v) is 9.73. The molecule has 4 aromatic carbocycles. The van der Waals surface area contributed by atoms with Crippen molar-refractivity contribution in [3.05, 3.63) is 106 Å². The molecule has 6 nitrogen and oxygen atoms in total. The van der Waals surface area contributed by atoms with Crippen molar-refractivity contribution in [2.75, 3.05) is 5.32 Å². The number of nitrogens with zero attached hydrogens (tertiary/aromatic N) is 1. The molecular weight excluding hydrogens is 507 g/mol. The SMILES string of the molecule is N#C/C(=C/c1cccc(OS(=O)(=O)c2ccc3ccccc3c2)c1)C(=O)Nc1ccc(Cl)c(Cl)c1. The van der Waals surface area contributed by atoms with Crippen molar-refractivity contribution in [2.45, 2.75) is 4.90 Å². The van der Waals surface area contributed by atoms with E-state index in [0.29, 0.717) is 16.3 Å². The van der Waals surface area contributed by atoms with Gasteiger partial charge in [0, 0.05) is 5.69 Å². The van der Waals surface area contributed by atoms with Crippen LogP contribution in [0.2, 0.25) is 10.0 Å². The highest BCUT2D eigenvalue weighted by atomic mass is 35.5. The quantitative estimate of drug-likeness (QED) is 0.178. The molecule has 0 spiro atoms. The number of amides is 1. The fraction of sp³-hybridized carbons (Fsp3) is 0. The van der Waals surface area contributed by atoms with Gasteiger partial charge in [-0.1, -0.05) is 65.7 Å². The Morgan fingerprint density at radius 2 is 1.66 bits per heavy atom. The number of carbonyl (C=O) groups excluding carboxylic acids is 1. The molecular formula is C26H16Cl2N2O4S. The molecule has 1 amide bonds. The van der Waals surface area contributed by atoms with E-state index in [2.05, 4.69) is 5.32 Å². The number of nitrogens with one attached hydrogen (secondary N) is 1. The lowest BCUT2D eigenvalue weighted by molar-refractivity contribution is -0.112. The Hall–Kier alpha value is -3.83. The molecule has 0 saturated carbocycles. The first-order valence-electron chi connectivity index (χ1n) is 10.2. The Bertz CT molecular complexity index is 1630. The molecule has 0 aromatic heterocycles. The normalized spacial score (nSPS) is 11.6. The third-order valence-corrected chi connectivity index (χ3v) is 6.91. The fourth-order valence-electron chi connectivity index (χ4n) is 3.24. The predicted molar refractivity (Wildman–Crippen MR) is 137 cm³/mol. The molecule has 0 aliphatic heterocycles. The van der Waals surface area contributed by atoms with Crippen molar-refractivity contribution in [2.24, 2.45) is 0 Å². The molecule has 0 fully saturated rings. The predicted octanol–water partition coefficient (Wildman–Crippen LogP) is 6.46. The number of anilines is 1. The summed E-state index contributed by atoms with van der Waals surface area (Å²) < 4.78 is 31.0.